The van der Waals surface area contributed by atoms with Gasteiger partial charge < -0.3 is 5.32 Å². The van der Waals surface area contributed by atoms with Gasteiger partial charge in [-0.15, -0.1) is 0 Å². The molecule has 0 aliphatic heterocycles. The SMILES string of the molecule is Cc1c(C#N)nn(-c2cccnc2)c1NC(=O)c1ccc(Cl)c(Cl)c1. The monoisotopic (exact) mass is 371 g/mol. The van der Waals surface area contributed by atoms with Crippen LogP contribution in [0.3, 0.4) is 0 Å². The molecule has 0 saturated heterocycles. The molecule has 3 aromatic rings. The topological polar surface area (TPSA) is 83.6 Å². The van der Waals surface area contributed by atoms with Crippen LogP contribution < -0.4 is 5.32 Å². The van der Waals surface area contributed by atoms with Crippen molar-refractivity contribution in [2.24, 2.45) is 0 Å². The maximum absolute atomic E-state index is 12.6. The van der Waals surface area contributed by atoms with Crippen molar-refractivity contribution < 1.29 is 4.79 Å². The van der Waals surface area contributed by atoms with Crippen molar-refractivity contribution in [1.29, 1.82) is 5.26 Å². The first kappa shape index (κ1) is 17.0. The summed E-state index contributed by atoms with van der Waals surface area (Å²) in [5.41, 5.74) is 1.73. The average Bonchev–Trinajstić information content (AvgIpc) is 2.94. The fourth-order valence-corrected chi connectivity index (χ4v) is 2.53. The van der Waals surface area contributed by atoms with E-state index in [0.29, 0.717) is 27.7 Å². The number of benzene rings is 1. The minimum absolute atomic E-state index is 0.216. The molecule has 2 aromatic heterocycles. The molecule has 0 saturated carbocycles. The second-order valence-electron chi connectivity index (χ2n) is 5.14. The van der Waals surface area contributed by atoms with Gasteiger partial charge in [0.05, 0.1) is 21.9 Å². The van der Waals surface area contributed by atoms with Crippen LogP contribution in [0.1, 0.15) is 21.6 Å². The Balaban J connectivity index is 2.02. The van der Waals surface area contributed by atoms with Crippen molar-refractivity contribution in [3.63, 3.8) is 0 Å². The van der Waals surface area contributed by atoms with Gasteiger partial charge in [0.2, 0.25) is 0 Å². The van der Waals surface area contributed by atoms with E-state index in [-0.39, 0.29) is 10.7 Å². The van der Waals surface area contributed by atoms with Crippen molar-refractivity contribution in [1.82, 2.24) is 14.8 Å². The smallest absolute Gasteiger partial charge is 0.256 e. The first-order valence-electron chi connectivity index (χ1n) is 7.17. The Bertz CT molecular complexity index is 992. The number of hydrogen-bond donors (Lipinski definition) is 1. The van der Waals surface area contributed by atoms with Crippen LogP contribution in [0.5, 0.6) is 0 Å². The molecule has 3 rings (SSSR count). The van der Waals surface area contributed by atoms with Gasteiger partial charge in [0.15, 0.2) is 5.69 Å². The highest BCUT2D eigenvalue weighted by Crippen LogP contribution is 2.25. The Labute approximate surface area is 153 Å². The highest BCUT2D eigenvalue weighted by molar-refractivity contribution is 6.42. The van der Waals surface area contributed by atoms with Crippen molar-refractivity contribution in [3.8, 4) is 11.8 Å². The highest BCUT2D eigenvalue weighted by atomic mass is 35.5. The molecule has 8 heteroatoms. The highest BCUT2D eigenvalue weighted by Gasteiger charge is 2.19. The Hall–Kier alpha value is -2.88. The van der Waals surface area contributed by atoms with Crippen molar-refractivity contribution >= 4 is 34.9 Å². The van der Waals surface area contributed by atoms with Crippen LogP contribution in [0, 0.1) is 18.3 Å². The quantitative estimate of drug-likeness (QED) is 0.753. The number of rotatable bonds is 3. The second-order valence-corrected chi connectivity index (χ2v) is 5.95. The molecular weight excluding hydrogens is 361 g/mol. The lowest BCUT2D eigenvalue weighted by atomic mass is 10.2. The third-order valence-electron chi connectivity index (χ3n) is 3.53. The Morgan fingerprint density at radius 2 is 2.08 bits per heavy atom. The lowest BCUT2D eigenvalue weighted by molar-refractivity contribution is 0.102. The molecule has 0 aliphatic carbocycles. The zero-order valence-corrected chi connectivity index (χ0v) is 14.5. The predicted octanol–water partition coefficient (Wildman–Crippen LogP) is 4.01. The lowest BCUT2D eigenvalue weighted by Crippen LogP contribution is -2.16. The molecule has 0 atom stereocenters. The van der Waals surface area contributed by atoms with Gasteiger partial charge in [0, 0.05) is 17.3 Å². The van der Waals surface area contributed by atoms with Gasteiger partial charge >= 0.3 is 0 Å². The molecule has 2 heterocycles. The summed E-state index contributed by atoms with van der Waals surface area (Å²) in [7, 11) is 0. The normalized spacial score (nSPS) is 10.3. The Morgan fingerprint density at radius 1 is 1.28 bits per heavy atom. The van der Waals surface area contributed by atoms with E-state index in [4.69, 9.17) is 23.2 Å². The first-order chi connectivity index (χ1) is 12.0. The molecular formula is C17H11Cl2N5O. The number of amides is 1. The van der Waals surface area contributed by atoms with Crippen LogP contribution in [0.2, 0.25) is 10.0 Å². The number of nitrogens with one attached hydrogen (secondary N) is 1. The number of anilines is 1. The van der Waals surface area contributed by atoms with E-state index < -0.39 is 5.91 Å². The number of pyridine rings is 1. The molecule has 1 N–H and O–H groups in total. The summed E-state index contributed by atoms with van der Waals surface area (Å²) < 4.78 is 1.47. The van der Waals surface area contributed by atoms with Crippen LogP contribution in [0.15, 0.2) is 42.7 Å². The van der Waals surface area contributed by atoms with E-state index in [2.05, 4.69) is 15.4 Å². The molecule has 0 spiro atoms. The number of carbonyl (C=O) groups excluding carboxylic acids is 1. The van der Waals surface area contributed by atoms with Crippen LogP contribution in [-0.2, 0) is 0 Å². The first-order valence-corrected chi connectivity index (χ1v) is 7.93. The zero-order valence-electron chi connectivity index (χ0n) is 13.0. The molecule has 6 nitrogen and oxygen atoms in total. The minimum atomic E-state index is -0.392. The van der Waals surface area contributed by atoms with Gasteiger partial charge in [-0.3, -0.25) is 9.78 Å². The standard InChI is InChI=1S/C17H11Cl2N5O/c1-10-15(8-20)23-24(12-3-2-6-21-9-12)16(10)22-17(25)11-4-5-13(18)14(19)7-11/h2-7,9H,1H3,(H,22,25). The number of nitrogens with zero attached hydrogens (tertiary/aromatic N) is 4. The summed E-state index contributed by atoms with van der Waals surface area (Å²) in [5, 5.41) is 16.9. The van der Waals surface area contributed by atoms with Crippen LogP contribution in [0.25, 0.3) is 5.69 Å². The van der Waals surface area contributed by atoms with Crippen LogP contribution in [-0.4, -0.2) is 20.7 Å². The van der Waals surface area contributed by atoms with E-state index in [1.807, 2.05) is 6.07 Å². The van der Waals surface area contributed by atoms with Crippen LogP contribution >= 0.6 is 23.2 Å². The molecule has 0 bridgehead atoms. The zero-order chi connectivity index (χ0) is 18.0. The molecule has 0 unspecified atom stereocenters. The maximum Gasteiger partial charge on any atom is 0.256 e. The van der Waals surface area contributed by atoms with E-state index in [0.717, 1.165) is 0 Å². The number of carbonyl (C=O) groups is 1. The molecule has 0 radical (unpaired) electrons. The Morgan fingerprint density at radius 3 is 2.72 bits per heavy atom. The van der Waals surface area contributed by atoms with Crippen LogP contribution in [0.4, 0.5) is 5.82 Å². The number of hydrogen-bond acceptors (Lipinski definition) is 4. The molecule has 0 fully saturated rings. The third kappa shape index (κ3) is 3.33. The number of halogens is 2. The minimum Gasteiger partial charge on any atom is -0.306 e. The molecule has 1 amide bonds. The van der Waals surface area contributed by atoms with Gasteiger partial charge in [-0.05, 0) is 37.3 Å². The van der Waals surface area contributed by atoms with Gasteiger partial charge in [-0.25, -0.2) is 4.68 Å². The second kappa shape index (κ2) is 6.93. The van der Waals surface area contributed by atoms with Crippen molar-refractivity contribution in [2.45, 2.75) is 6.92 Å². The van der Waals surface area contributed by atoms with E-state index in [1.165, 1.54) is 10.7 Å². The van der Waals surface area contributed by atoms with E-state index in [1.54, 1.807) is 43.6 Å². The van der Waals surface area contributed by atoms with Crippen molar-refractivity contribution in [2.75, 3.05) is 5.32 Å². The fourth-order valence-electron chi connectivity index (χ4n) is 2.23. The molecule has 124 valence electrons. The lowest BCUT2D eigenvalue weighted by Gasteiger charge is -2.10. The Kier molecular flexibility index (Phi) is 4.70. The van der Waals surface area contributed by atoms with Gasteiger partial charge in [-0.2, -0.15) is 10.4 Å². The van der Waals surface area contributed by atoms with E-state index in [9.17, 15) is 10.1 Å². The number of aromatic nitrogens is 3. The third-order valence-corrected chi connectivity index (χ3v) is 4.27. The van der Waals surface area contributed by atoms with Crippen molar-refractivity contribution in [3.05, 3.63) is 69.6 Å². The summed E-state index contributed by atoms with van der Waals surface area (Å²) in [4.78, 5) is 16.6. The summed E-state index contributed by atoms with van der Waals surface area (Å²) in [6.07, 6.45) is 3.21. The van der Waals surface area contributed by atoms with Gasteiger partial charge in [0.25, 0.3) is 5.91 Å². The average molecular weight is 372 g/mol. The van der Waals surface area contributed by atoms with Gasteiger partial charge in [-0.1, -0.05) is 23.2 Å². The summed E-state index contributed by atoms with van der Waals surface area (Å²) in [5.74, 6) is -0.00295. The molecule has 1 aromatic carbocycles. The number of nitriles is 1. The summed E-state index contributed by atoms with van der Waals surface area (Å²) >= 11 is 11.8. The summed E-state index contributed by atoms with van der Waals surface area (Å²) in [6.45, 7) is 1.71. The summed E-state index contributed by atoms with van der Waals surface area (Å²) in [6, 6.07) is 10.1. The largest absolute Gasteiger partial charge is 0.306 e. The fraction of sp³-hybridized carbons (Fsp3) is 0.0588. The van der Waals surface area contributed by atoms with E-state index >= 15 is 0 Å². The maximum atomic E-state index is 12.6. The van der Waals surface area contributed by atoms with Gasteiger partial charge in [0.1, 0.15) is 11.9 Å². The predicted molar refractivity (Wildman–Crippen MR) is 95.2 cm³/mol. The molecule has 0 aliphatic rings. The molecule has 25 heavy (non-hydrogen) atoms.